The molecule has 0 aliphatic carbocycles. The summed E-state index contributed by atoms with van der Waals surface area (Å²) < 4.78 is 29.9. The summed E-state index contributed by atoms with van der Waals surface area (Å²) in [5.74, 6) is -1.07. The Balaban J connectivity index is 0.000000231. The van der Waals surface area contributed by atoms with Crippen molar-refractivity contribution in [3.63, 3.8) is 0 Å². The van der Waals surface area contributed by atoms with Gasteiger partial charge in [-0.3, -0.25) is 14.6 Å². The summed E-state index contributed by atoms with van der Waals surface area (Å²) in [5, 5.41) is 18.2. The fraction of sp³-hybridized carbons (Fsp3) is 0.133. The first kappa shape index (κ1) is 18.6. The highest BCUT2D eigenvalue weighted by molar-refractivity contribution is 7.85. The highest BCUT2D eigenvalue weighted by atomic mass is 32.2. The lowest BCUT2D eigenvalue weighted by atomic mass is 10.2. The summed E-state index contributed by atoms with van der Waals surface area (Å²) in [5.41, 5.74) is 1.02. The fourth-order valence-electron chi connectivity index (χ4n) is 1.67. The minimum atomic E-state index is -4.03. The molecule has 0 saturated carbocycles. The van der Waals surface area contributed by atoms with Crippen LogP contribution in [0.2, 0.25) is 0 Å². The van der Waals surface area contributed by atoms with Gasteiger partial charge in [-0.1, -0.05) is 36.4 Å². The Morgan fingerprint density at radius 2 is 1.57 bits per heavy atom. The number of hydroxylamine groups is 1. The van der Waals surface area contributed by atoms with Crippen molar-refractivity contribution >= 4 is 21.8 Å². The molecule has 0 amide bonds. The number of hydrogen-bond acceptors (Lipinski definition) is 5. The number of anilines is 1. The molecule has 23 heavy (non-hydrogen) atoms. The first-order valence-electron chi connectivity index (χ1n) is 6.48. The van der Waals surface area contributed by atoms with Crippen LogP contribution in [0.3, 0.4) is 0 Å². The molecular formula is C15H17NO6S. The highest BCUT2D eigenvalue weighted by Crippen LogP contribution is 2.12. The summed E-state index contributed by atoms with van der Waals surface area (Å²) in [4.78, 5) is 10.2. The Hall–Kier alpha value is -2.42. The standard InChI is InChI=1S/C8H9NO3.C7H8O3S/c10-8(11)6-9(12)7-4-2-1-3-5-7;1-6-4-2-3-5-7(6)11(8,9)10/h1-5,12H,6H2,(H,10,11);2-5H,1H3,(H,8,9,10). The third kappa shape index (κ3) is 6.47. The van der Waals surface area contributed by atoms with Crippen molar-refractivity contribution in [1.29, 1.82) is 0 Å². The predicted octanol–water partition coefficient (Wildman–Crippen LogP) is 2.21. The van der Waals surface area contributed by atoms with Gasteiger partial charge in [-0.15, -0.1) is 0 Å². The van der Waals surface area contributed by atoms with Gasteiger partial charge in [-0.2, -0.15) is 8.42 Å². The molecule has 7 nitrogen and oxygen atoms in total. The fourth-order valence-corrected chi connectivity index (χ4v) is 2.39. The van der Waals surface area contributed by atoms with Crippen LogP contribution in [-0.2, 0) is 14.9 Å². The quantitative estimate of drug-likeness (QED) is 0.578. The highest BCUT2D eigenvalue weighted by Gasteiger charge is 2.10. The maximum Gasteiger partial charge on any atom is 0.325 e. The average molecular weight is 339 g/mol. The van der Waals surface area contributed by atoms with Gasteiger partial charge in [-0.25, -0.2) is 5.06 Å². The summed E-state index contributed by atoms with van der Waals surface area (Å²) >= 11 is 0. The molecule has 8 heteroatoms. The van der Waals surface area contributed by atoms with Gasteiger partial charge in [0.15, 0.2) is 0 Å². The van der Waals surface area contributed by atoms with E-state index in [0.717, 1.165) is 0 Å². The molecular weight excluding hydrogens is 322 g/mol. The number of nitrogens with zero attached hydrogens (tertiary/aromatic N) is 1. The molecule has 0 aliphatic rings. The van der Waals surface area contributed by atoms with E-state index in [9.17, 15) is 13.2 Å². The second-order valence-electron chi connectivity index (χ2n) is 4.53. The van der Waals surface area contributed by atoms with Crippen molar-refractivity contribution in [3.05, 3.63) is 60.2 Å². The summed E-state index contributed by atoms with van der Waals surface area (Å²) in [6.07, 6.45) is 0. The van der Waals surface area contributed by atoms with Crippen LogP contribution >= 0.6 is 0 Å². The minimum absolute atomic E-state index is 0.0278. The second-order valence-corrected chi connectivity index (χ2v) is 5.92. The van der Waals surface area contributed by atoms with Crippen molar-refractivity contribution in [3.8, 4) is 0 Å². The van der Waals surface area contributed by atoms with Crippen LogP contribution in [0, 0.1) is 6.92 Å². The molecule has 124 valence electrons. The molecule has 0 aliphatic heterocycles. The summed E-state index contributed by atoms with van der Waals surface area (Å²) in [6.45, 7) is 1.22. The summed E-state index contributed by atoms with van der Waals surface area (Å²) in [7, 11) is -4.03. The topological polar surface area (TPSA) is 115 Å². The largest absolute Gasteiger partial charge is 0.480 e. The third-order valence-electron chi connectivity index (χ3n) is 2.71. The van der Waals surface area contributed by atoms with Crippen LogP contribution < -0.4 is 5.06 Å². The predicted molar refractivity (Wildman–Crippen MR) is 84.2 cm³/mol. The molecule has 0 bridgehead atoms. The van der Waals surface area contributed by atoms with Crippen LogP contribution in [0.4, 0.5) is 5.69 Å². The molecule has 0 fully saturated rings. The van der Waals surface area contributed by atoms with Gasteiger partial charge in [-0.05, 0) is 30.7 Å². The normalized spacial score (nSPS) is 10.4. The second kappa shape index (κ2) is 8.28. The monoisotopic (exact) mass is 339 g/mol. The van der Waals surface area contributed by atoms with E-state index < -0.39 is 22.6 Å². The molecule has 0 heterocycles. The average Bonchev–Trinajstić information content (AvgIpc) is 2.47. The molecule has 0 aromatic heterocycles. The van der Waals surface area contributed by atoms with Gasteiger partial charge in [0, 0.05) is 0 Å². The number of benzene rings is 2. The number of carboxylic acids is 1. The van der Waals surface area contributed by atoms with E-state index in [1.54, 1.807) is 55.5 Å². The number of carbonyl (C=O) groups is 1. The number of aryl methyl sites for hydroxylation is 1. The Labute approximate surface area is 134 Å². The maximum atomic E-state index is 10.6. The number of carboxylic acid groups (broad SMARTS) is 1. The van der Waals surface area contributed by atoms with Crippen molar-refractivity contribution in [2.45, 2.75) is 11.8 Å². The first-order chi connectivity index (χ1) is 10.7. The van der Waals surface area contributed by atoms with E-state index in [4.69, 9.17) is 14.9 Å². The van der Waals surface area contributed by atoms with Gasteiger partial charge in [0.25, 0.3) is 10.1 Å². The lowest BCUT2D eigenvalue weighted by Gasteiger charge is -2.13. The zero-order chi connectivity index (χ0) is 17.5. The third-order valence-corrected chi connectivity index (χ3v) is 3.72. The lowest BCUT2D eigenvalue weighted by Crippen LogP contribution is -2.25. The molecule has 0 spiro atoms. The van der Waals surface area contributed by atoms with E-state index in [-0.39, 0.29) is 4.90 Å². The Bertz CT molecular complexity index is 746. The van der Waals surface area contributed by atoms with Crippen LogP contribution in [0.15, 0.2) is 59.5 Å². The molecule has 0 atom stereocenters. The van der Waals surface area contributed by atoms with Crippen LogP contribution in [0.25, 0.3) is 0 Å². The SMILES string of the molecule is Cc1ccccc1S(=O)(=O)O.O=C(O)CN(O)c1ccccc1. The number of aliphatic carboxylic acids is 1. The summed E-state index contributed by atoms with van der Waals surface area (Å²) in [6, 6.07) is 14.8. The van der Waals surface area contributed by atoms with E-state index in [0.29, 0.717) is 16.3 Å². The number of rotatable bonds is 4. The van der Waals surface area contributed by atoms with Crippen molar-refractivity contribution < 1.29 is 28.1 Å². The number of para-hydroxylation sites is 1. The van der Waals surface area contributed by atoms with Crippen molar-refractivity contribution in [2.75, 3.05) is 11.6 Å². The van der Waals surface area contributed by atoms with E-state index in [1.165, 1.54) is 6.07 Å². The molecule has 2 aromatic carbocycles. The van der Waals surface area contributed by atoms with Gasteiger partial charge in [0.05, 0.1) is 10.6 Å². The number of hydrogen-bond donors (Lipinski definition) is 3. The molecule has 0 saturated heterocycles. The van der Waals surface area contributed by atoms with E-state index >= 15 is 0 Å². The minimum Gasteiger partial charge on any atom is -0.480 e. The van der Waals surface area contributed by atoms with Crippen molar-refractivity contribution in [1.82, 2.24) is 0 Å². The van der Waals surface area contributed by atoms with Gasteiger partial charge >= 0.3 is 5.97 Å². The Morgan fingerprint density at radius 3 is 2.00 bits per heavy atom. The Morgan fingerprint density at radius 1 is 1.04 bits per heavy atom. The van der Waals surface area contributed by atoms with Gasteiger partial charge in [0.1, 0.15) is 6.54 Å². The van der Waals surface area contributed by atoms with E-state index in [1.807, 2.05) is 0 Å². The first-order valence-corrected chi connectivity index (χ1v) is 7.92. The maximum absolute atomic E-state index is 10.6. The zero-order valence-electron chi connectivity index (χ0n) is 12.3. The molecule has 0 radical (unpaired) electrons. The van der Waals surface area contributed by atoms with Crippen molar-refractivity contribution in [2.24, 2.45) is 0 Å². The van der Waals surface area contributed by atoms with Crippen LogP contribution in [0.5, 0.6) is 0 Å². The van der Waals surface area contributed by atoms with Gasteiger partial charge < -0.3 is 5.11 Å². The lowest BCUT2D eigenvalue weighted by molar-refractivity contribution is -0.136. The van der Waals surface area contributed by atoms with E-state index in [2.05, 4.69) is 0 Å². The molecule has 2 aromatic rings. The smallest absolute Gasteiger partial charge is 0.325 e. The van der Waals surface area contributed by atoms with Gasteiger partial charge in [0.2, 0.25) is 0 Å². The molecule has 0 unspecified atom stereocenters. The molecule has 2 rings (SSSR count). The Kier molecular flexibility index (Phi) is 6.70. The molecule has 3 N–H and O–H groups in total. The zero-order valence-corrected chi connectivity index (χ0v) is 13.1. The van der Waals surface area contributed by atoms with Crippen LogP contribution in [-0.4, -0.2) is 35.8 Å². The van der Waals surface area contributed by atoms with Crippen LogP contribution in [0.1, 0.15) is 5.56 Å².